The molecule has 0 aliphatic heterocycles. The zero-order chi connectivity index (χ0) is 13.5. The molecule has 0 saturated carbocycles. The molecule has 0 spiro atoms. The topological polar surface area (TPSA) is 35.5 Å². The predicted octanol–water partition coefficient (Wildman–Crippen LogP) is 2.25. The third-order valence-electron chi connectivity index (χ3n) is 3.08. The first-order valence-corrected chi connectivity index (χ1v) is 6.47. The van der Waals surface area contributed by atoms with Crippen molar-refractivity contribution < 1.29 is 9.50 Å². The molecule has 1 unspecified atom stereocenters. The summed E-state index contributed by atoms with van der Waals surface area (Å²) < 4.78 is 12.9. The van der Waals surface area contributed by atoms with Crippen molar-refractivity contribution >= 4 is 5.69 Å². The van der Waals surface area contributed by atoms with Crippen LogP contribution in [0.5, 0.6) is 0 Å². The number of benzene rings is 1. The molecule has 1 atom stereocenters. The van der Waals surface area contributed by atoms with Gasteiger partial charge in [-0.2, -0.15) is 0 Å². The SMILES string of the molecule is CCN(CC)CC(O)CNc1ccc(F)cc1C. The first kappa shape index (κ1) is 14.9. The van der Waals surface area contributed by atoms with Crippen molar-refractivity contribution in [3.8, 4) is 0 Å². The van der Waals surface area contributed by atoms with E-state index in [1.807, 2.05) is 6.92 Å². The molecule has 0 saturated heterocycles. The molecule has 0 aliphatic rings. The second-order valence-electron chi connectivity index (χ2n) is 4.48. The minimum absolute atomic E-state index is 0.235. The molecule has 0 heterocycles. The summed E-state index contributed by atoms with van der Waals surface area (Å²) in [6.07, 6.45) is -0.422. The van der Waals surface area contributed by atoms with Crippen LogP contribution in [0.25, 0.3) is 0 Å². The molecule has 0 amide bonds. The quantitative estimate of drug-likeness (QED) is 0.783. The molecule has 0 bridgehead atoms. The molecular weight excluding hydrogens is 231 g/mol. The van der Waals surface area contributed by atoms with E-state index in [0.717, 1.165) is 24.3 Å². The predicted molar refractivity (Wildman–Crippen MR) is 73.4 cm³/mol. The third kappa shape index (κ3) is 4.63. The van der Waals surface area contributed by atoms with Gasteiger partial charge in [-0.1, -0.05) is 13.8 Å². The Morgan fingerprint density at radius 3 is 2.56 bits per heavy atom. The molecule has 18 heavy (non-hydrogen) atoms. The highest BCUT2D eigenvalue weighted by Gasteiger charge is 2.09. The van der Waals surface area contributed by atoms with Crippen molar-refractivity contribution in [1.82, 2.24) is 4.90 Å². The van der Waals surface area contributed by atoms with Gasteiger partial charge in [-0.3, -0.25) is 0 Å². The fourth-order valence-electron chi connectivity index (χ4n) is 1.90. The number of anilines is 1. The summed E-state index contributed by atoms with van der Waals surface area (Å²) in [6, 6.07) is 4.61. The van der Waals surface area contributed by atoms with Gasteiger partial charge in [-0.15, -0.1) is 0 Å². The molecule has 0 aromatic heterocycles. The van der Waals surface area contributed by atoms with E-state index in [1.54, 1.807) is 6.07 Å². The molecule has 0 aliphatic carbocycles. The summed E-state index contributed by atoms with van der Waals surface area (Å²) in [7, 11) is 0. The maximum atomic E-state index is 12.9. The maximum Gasteiger partial charge on any atom is 0.123 e. The number of nitrogens with zero attached hydrogens (tertiary/aromatic N) is 1. The lowest BCUT2D eigenvalue weighted by Gasteiger charge is -2.22. The Hall–Kier alpha value is -1.13. The van der Waals surface area contributed by atoms with E-state index in [1.165, 1.54) is 12.1 Å². The molecule has 1 rings (SSSR count). The van der Waals surface area contributed by atoms with Gasteiger partial charge in [0.2, 0.25) is 0 Å². The van der Waals surface area contributed by atoms with Crippen LogP contribution in [0.4, 0.5) is 10.1 Å². The Labute approximate surface area is 109 Å². The fraction of sp³-hybridized carbons (Fsp3) is 0.571. The van der Waals surface area contributed by atoms with Crippen LogP contribution in [0.3, 0.4) is 0 Å². The Balaban J connectivity index is 2.44. The van der Waals surface area contributed by atoms with E-state index in [-0.39, 0.29) is 5.82 Å². The van der Waals surface area contributed by atoms with E-state index >= 15 is 0 Å². The summed E-state index contributed by atoms with van der Waals surface area (Å²) in [5.74, 6) is -0.235. The number of aryl methyl sites for hydroxylation is 1. The monoisotopic (exact) mass is 254 g/mol. The van der Waals surface area contributed by atoms with Crippen molar-refractivity contribution in [2.75, 3.05) is 31.5 Å². The van der Waals surface area contributed by atoms with Crippen molar-refractivity contribution in [3.05, 3.63) is 29.6 Å². The van der Waals surface area contributed by atoms with E-state index in [9.17, 15) is 9.50 Å². The van der Waals surface area contributed by atoms with Gasteiger partial charge in [0.05, 0.1) is 6.10 Å². The van der Waals surface area contributed by atoms with Crippen LogP contribution >= 0.6 is 0 Å². The molecular formula is C14H23FN2O. The standard InChI is InChI=1S/C14H23FN2O/c1-4-17(5-2)10-13(18)9-16-14-7-6-12(15)8-11(14)3/h6-8,13,16,18H,4-5,9-10H2,1-3H3. The molecule has 2 N–H and O–H groups in total. The van der Waals surface area contributed by atoms with Gasteiger partial charge in [0.1, 0.15) is 5.82 Å². The number of nitrogens with one attached hydrogen (secondary N) is 1. The van der Waals surface area contributed by atoms with Crippen molar-refractivity contribution in [2.45, 2.75) is 26.9 Å². The second kappa shape index (κ2) is 7.34. The first-order valence-electron chi connectivity index (χ1n) is 6.47. The van der Waals surface area contributed by atoms with Crippen molar-refractivity contribution in [1.29, 1.82) is 0 Å². The Kier molecular flexibility index (Phi) is 6.09. The molecule has 3 nitrogen and oxygen atoms in total. The van der Waals surface area contributed by atoms with Crippen LogP contribution in [0.2, 0.25) is 0 Å². The van der Waals surface area contributed by atoms with Gasteiger partial charge in [0, 0.05) is 18.8 Å². The van der Waals surface area contributed by atoms with Crippen LogP contribution in [-0.2, 0) is 0 Å². The molecule has 1 aromatic rings. The normalized spacial score (nSPS) is 12.8. The van der Waals surface area contributed by atoms with E-state index < -0.39 is 6.10 Å². The Bertz CT molecular complexity index is 367. The first-order chi connectivity index (χ1) is 8.56. The summed E-state index contributed by atoms with van der Waals surface area (Å²) in [6.45, 7) is 9.00. The number of aliphatic hydroxyl groups excluding tert-OH is 1. The minimum atomic E-state index is -0.422. The Morgan fingerprint density at radius 1 is 1.33 bits per heavy atom. The van der Waals surface area contributed by atoms with Gasteiger partial charge in [0.25, 0.3) is 0 Å². The van der Waals surface area contributed by atoms with E-state index in [0.29, 0.717) is 13.1 Å². The van der Waals surface area contributed by atoms with Gasteiger partial charge >= 0.3 is 0 Å². The van der Waals surface area contributed by atoms with Gasteiger partial charge in [-0.05, 0) is 43.8 Å². The fourth-order valence-corrected chi connectivity index (χ4v) is 1.90. The largest absolute Gasteiger partial charge is 0.390 e. The van der Waals surface area contributed by atoms with Crippen molar-refractivity contribution in [2.24, 2.45) is 0 Å². The van der Waals surface area contributed by atoms with Crippen LogP contribution in [0, 0.1) is 12.7 Å². The molecule has 4 heteroatoms. The van der Waals surface area contributed by atoms with Crippen LogP contribution < -0.4 is 5.32 Å². The number of hydrogen-bond acceptors (Lipinski definition) is 3. The maximum absolute atomic E-state index is 12.9. The lowest BCUT2D eigenvalue weighted by atomic mass is 10.2. The number of halogens is 1. The average molecular weight is 254 g/mol. The Morgan fingerprint density at radius 2 is 2.00 bits per heavy atom. The van der Waals surface area contributed by atoms with Crippen molar-refractivity contribution in [3.63, 3.8) is 0 Å². The summed E-state index contributed by atoms with van der Waals surface area (Å²) >= 11 is 0. The van der Waals surface area contributed by atoms with Gasteiger partial charge in [-0.25, -0.2) is 4.39 Å². The van der Waals surface area contributed by atoms with Crippen LogP contribution in [0.15, 0.2) is 18.2 Å². The van der Waals surface area contributed by atoms with E-state index in [2.05, 4.69) is 24.1 Å². The average Bonchev–Trinajstić information content (AvgIpc) is 2.35. The lowest BCUT2D eigenvalue weighted by molar-refractivity contribution is 0.128. The second-order valence-corrected chi connectivity index (χ2v) is 4.48. The molecule has 102 valence electrons. The minimum Gasteiger partial charge on any atom is -0.390 e. The van der Waals surface area contributed by atoms with Crippen LogP contribution in [-0.4, -0.2) is 42.3 Å². The van der Waals surface area contributed by atoms with Gasteiger partial charge in [0.15, 0.2) is 0 Å². The number of aliphatic hydroxyl groups is 1. The number of likely N-dealkylation sites (N-methyl/N-ethyl adjacent to an activating group) is 1. The number of rotatable bonds is 7. The summed E-state index contributed by atoms with van der Waals surface area (Å²) in [5.41, 5.74) is 1.72. The van der Waals surface area contributed by atoms with Crippen LogP contribution in [0.1, 0.15) is 19.4 Å². The molecule has 1 aromatic carbocycles. The highest BCUT2D eigenvalue weighted by Crippen LogP contribution is 2.15. The highest BCUT2D eigenvalue weighted by molar-refractivity contribution is 5.50. The molecule has 0 radical (unpaired) electrons. The summed E-state index contributed by atoms with van der Waals surface area (Å²) in [4.78, 5) is 2.17. The molecule has 0 fully saturated rings. The zero-order valence-corrected chi connectivity index (χ0v) is 11.4. The van der Waals surface area contributed by atoms with E-state index in [4.69, 9.17) is 0 Å². The summed E-state index contributed by atoms with van der Waals surface area (Å²) in [5, 5.41) is 13.1. The third-order valence-corrected chi connectivity index (χ3v) is 3.08. The zero-order valence-electron chi connectivity index (χ0n) is 11.4. The lowest BCUT2D eigenvalue weighted by Crippen LogP contribution is -2.36. The smallest absolute Gasteiger partial charge is 0.123 e. The highest BCUT2D eigenvalue weighted by atomic mass is 19.1. The van der Waals surface area contributed by atoms with Gasteiger partial charge < -0.3 is 15.3 Å². The number of hydrogen-bond donors (Lipinski definition) is 2.